The monoisotopic (exact) mass is 319 g/mol. The predicted octanol–water partition coefficient (Wildman–Crippen LogP) is 4.27. The summed E-state index contributed by atoms with van der Waals surface area (Å²) < 4.78 is 0. The van der Waals surface area contributed by atoms with Crippen LogP contribution in [0.25, 0.3) is 0 Å². The summed E-state index contributed by atoms with van der Waals surface area (Å²) in [4.78, 5) is 23.9. The SMILES string of the molecule is CC(=O)c1ccc(SCC(=O)Nc2ccc(Cl)cc2)cc1. The molecular weight excluding hydrogens is 306 g/mol. The van der Waals surface area contributed by atoms with Gasteiger partial charge >= 0.3 is 0 Å². The van der Waals surface area contributed by atoms with E-state index < -0.39 is 0 Å². The van der Waals surface area contributed by atoms with Crippen LogP contribution < -0.4 is 5.32 Å². The van der Waals surface area contributed by atoms with E-state index in [9.17, 15) is 9.59 Å². The van der Waals surface area contributed by atoms with Gasteiger partial charge in [0.15, 0.2) is 5.78 Å². The Morgan fingerprint density at radius 3 is 2.24 bits per heavy atom. The molecular formula is C16H14ClNO2S. The number of thioether (sulfide) groups is 1. The summed E-state index contributed by atoms with van der Waals surface area (Å²) >= 11 is 7.21. The maximum atomic E-state index is 11.8. The Hall–Kier alpha value is -1.78. The fourth-order valence-corrected chi connectivity index (χ4v) is 2.49. The molecule has 0 fully saturated rings. The summed E-state index contributed by atoms with van der Waals surface area (Å²) in [7, 11) is 0. The number of hydrogen-bond acceptors (Lipinski definition) is 3. The zero-order valence-electron chi connectivity index (χ0n) is 11.4. The van der Waals surface area contributed by atoms with Crippen molar-refractivity contribution < 1.29 is 9.59 Å². The van der Waals surface area contributed by atoms with E-state index in [4.69, 9.17) is 11.6 Å². The Kier molecular flexibility index (Phi) is 5.42. The summed E-state index contributed by atoms with van der Waals surface area (Å²) in [5.74, 6) is 0.257. The van der Waals surface area contributed by atoms with Crippen molar-refractivity contribution >= 4 is 40.7 Å². The molecule has 2 rings (SSSR count). The summed E-state index contributed by atoms with van der Waals surface area (Å²) in [5.41, 5.74) is 1.39. The number of rotatable bonds is 5. The Balaban J connectivity index is 1.86. The third-order valence-corrected chi connectivity index (χ3v) is 4.02. The molecule has 0 saturated heterocycles. The van der Waals surface area contributed by atoms with Gasteiger partial charge in [-0.05, 0) is 43.3 Å². The summed E-state index contributed by atoms with van der Waals surface area (Å²) in [6.45, 7) is 1.53. The zero-order valence-corrected chi connectivity index (χ0v) is 13.0. The van der Waals surface area contributed by atoms with E-state index in [1.807, 2.05) is 12.1 Å². The summed E-state index contributed by atoms with van der Waals surface area (Å²) in [5, 5.41) is 3.43. The van der Waals surface area contributed by atoms with Gasteiger partial charge in [-0.2, -0.15) is 0 Å². The highest BCUT2D eigenvalue weighted by Crippen LogP contribution is 2.19. The minimum atomic E-state index is -0.0852. The molecule has 2 aromatic carbocycles. The van der Waals surface area contributed by atoms with Gasteiger partial charge in [0.1, 0.15) is 0 Å². The van der Waals surface area contributed by atoms with E-state index in [1.54, 1.807) is 36.4 Å². The summed E-state index contributed by atoms with van der Waals surface area (Å²) in [6.07, 6.45) is 0. The van der Waals surface area contributed by atoms with Gasteiger partial charge in [-0.3, -0.25) is 9.59 Å². The smallest absolute Gasteiger partial charge is 0.234 e. The first-order valence-corrected chi connectivity index (χ1v) is 7.70. The average Bonchev–Trinajstić information content (AvgIpc) is 2.48. The third-order valence-electron chi connectivity index (χ3n) is 2.76. The highest BCUT2D eigenvalue weighted by atomic mass is 35.5. The standard InChI is InChI=1S/C16H14ClNO2S/c1-11(19)12-2-8-15(9-3-12)21-10-16(20)18-14-6-4-13(17)5-7-14/h2-9H,10H2,1H3,(H,18,20). The molecule has 0 atom stereocenters. The van der Waals surface area contributed by atoms with Crippen LogP contribution in [0.1, 0.15) is 17.3 Å². The minimum Gasteiger partial charge on any atom is -0.325 e. The highest BCUT2D eigenvalue weighted by Gasteiger charge is 2.05. The number of Topliss-reactive ketones (excluding diaryl/α,β-unsaturated/α-hetero) is 1. The fourth-order valence-electron chi connectivity index (χ4n) is 1.67. The molecule has 1 amide bonds. The molecule has 1 N–H and O–H groups in total. The van der Waals surface area contributed by atoms with Crippen molar-refractivity contribution in [3.63, 3.8) is 0 Å². The number of carbonyl (C=O) groups excluding carboxylic acids is 2. The molecule has 2 aromatic rings. The molecule has 0 bridgehead atoms. The van der Waals surface area contributed by atoms with Crippen LogP contribution in [0.3, 0.4) is 0 Å². The van der Waals surface area contributed by atoms with Gasteiger partial charge in [0.2, 0.25) is 5.91 Å². The number of hydrogen-bond donors (Lipinski definition) is 1. The van der Waals surface area contributed by atoms with Crippen molar-refractivity contribution in [2.45, 2.75) is 11.8 Å². The molecule has 0 aliphatic carbocycles. The van der Waals surface area contributed by atoms with Gasteiger partial charge in [0.25, 0.3) is 0 Å². The highest BCUT2D eigenvalue weighted by molar-refractivity contribution is 8.00. The molecule has 108 valence electrons. The van der Waals surface area contributed by atoms with Gasteiger partial charge in [0.05, 0.1) is 5.75 Å². The topological polar surface area (TPSA) is 46.2 Å². The molecule has 0 aliphatic heterocycles. The third kappa shape index (κ3) is 4.92. The molecule has 0 heterocycles. The van der Waals surface area contributed by atoms with Gasteiger partial charge in [-0.15, -0.1) is 11.8 Å². The first-order chi connectivity index (χ1) is 10.0. The largest absolute Gasteiger partial charge is 0.325 e. The van der Waals surface area contributed by atoms with Gasteiger partial charge in [-0.25, -0.2) is 0 Å². The lowest BCUT2D eigenvalue weighted by Gasteiger charge is -2.05. The lowest BCUT2D eigenvalue weighted by molar-refractivity contribution is -0.113. The van der Waals surface area contributed by atoms with E-state index in [2.05, 4.69) is 5.32 Å². The lowest BCUT2D eigenvalue weighted by atomic mass is 10.2. The lowest BCUT2D eigenvalue weighted by Crippen LogP contribution is -2.13. The second-order valence-electron chi connectivity index (χ2n) is 4.42. The Morgan fingerprint density at radius 1 is 1.05 bits per heavy atom. The van der Waals surface area contributed by atoms with E-state index >= 15 is 0 Å². The minimum absolute atomic E-state index is 0.0343. The number of amides is 1. The molecule has 0 unspecified atom stereocenters. The van der Waals surface area contributed by atoms with Gasteiger partial charge in [-0.1, -0.05) is 23.7 Å². The van der Waals surface area contributed by atoms with Crippen LogP contribution in [0.5, 0.6) is 0 Å². The molecule has 3 nitrogen and oxygen atoms in total. The molecule has 0 radical (unpaired) electrons. The normalized spacial score (nSPS) is 10.2. The van der Waals surface area contributed by atoms with Crippen LogP contribution in [-0.4, -0.2) is 17.4 Å². The Morgan fingerprint density at radius 2 is 1.67 bits per heavy atom. The number of carbonyl (C=O) groups is 2. The quantitative estimate of drug-likeness (QED) is 0.661. The number of halogens is 1. The van der Waals surface area contributed by atoms with Crippen molar-refractivity contribution in [1.82, 2.24) is 0 Å². The number of benzene rings is 2. The maximum absolute atomic E-state index is 11.8. The second kappa shape index (κ2) is 7.29. The molecule has 0 aromatic heterocycles. The number of anilines is 1. The van der Waals surface area contributed by atoms with Crippen LogP contribution >= 0.6 is 23.4 Å². The molecule has 21 heavy (non-hydrogen) atoms. The van der Waals surface area contributed by atoms with E-state index in [1.165, 1.54) is 18.7 Å². The van der Waals surface area contributed by atoms with E-state index in [0.717, 1.165) is 10.6 Å². The van der Waals surface area contributed by atoms with Crippen molar-refractivity contribution in [1.29, 1.82) is 0 Å². The number of ketones is 1. The second-order valence-corrected chi connectivity index (χ2v) is 5.91. The van der Waals surface area contributed by atoms with Crippen LogP contribution in [0, 0.1) is 0 Å². The Bertz CT molecular complexity index is 638. The van der Waals surface area contributed by atoms with E-state index in [-0.39, 0.29) is 11.7 Å². The molecule has 5 heteroatoms. The first-order valence-electron chi connectivity index (χ1n) is 6.34. The first kappa shape index (κ1) is 15.6. The molecule has 0 saturated carbocycles. The van der Waals surface area contributed by atoms with Crippen molar-refractivity contribution in [3.05, 3.63) is 59.1 Å². The van der Waals surface area contributed by atoms with Crippen molar-refractivity contribution in [2.75, 3.05) is 11.1 Å². The molecule has 0 spiro atoms. The van der Waals surface area contributed by atoms with Gasteiger partial charge < -0.3 is 5.32 Å². The van der Waals surface area contributed by atoms with Crippen LogP contribution in [0.15, 0.2) is 53.4 Å². The van der Waals surface area contributed by atoms with Crippen molar-refractivity contribution in [2.24, 2.45) is 0 Å². The zero-order chi connectivity index (χ0) is 15.2. The van der Waals surface area contributed by atoms with Crippen molar-refractivity contribution in [3.8, 4) is 0 Å². The van der Waals surface area contributed by atoms with Crippen LogP contribution in [0.2, 0.25) is 5.02 Å². The Labute approximate surface area is 132 Å². The van der Waals surface area contributed by atoms with Crippen LogP contribution in [-0.2, 0) is 4.79 Å². The van der Waals surface area contributed by atoms with E-state index in [0.29, 0.717) is 16.3 Å². The van der Waals surface area contributed by atoms with Gasteiger partial charge in [0, 0.05) is 21.2 Å². The average molecular weight is 320 g/mol. The maximum Gasteiger partial charge on any atom is 0.234 e. The predicted molar refractivity (Wildman–Crippen MR) is 87.3 cm³/mol. The number of nitrogens with one attached hydrogen (secondary N) is 1. The molecule has 0 aliphatic rings. The van der Waals surface area contributed by atoms with Crippen LogP contribution in [0.4, 0.5) is 5.69 Å². The fraction of sp³-hybridized carbons (Fsp3) is 0.125. The summed E-state index contributed by atoms with van der Waals surface area (Å²) in [6, 6.07) is 14.2.